The highest BCUT2D eigenvalue weighted by atomic mass is 32.1. The third-order valence-electron chi connectivity index (χ3n) is 3.78. The van der Waals surface area contributed by atoms with Crippen LogP contribution in [-0.4, -0.2) is 5.78 Å². The number of hydrogen-bond donors (Lipinski definition) is 0. The molecule has 0 atom stereocenters. The molecule has 0 amide bonds. The fourth-order valence-corrected chi connectivity index (χ4v) is 4.62. The summed E-state index contributed by atoms with van der Waals surface area (Å²) in [5.74, 6) is 1.61. The van der Waals surface area contributed by atoms with E-state index in [1.807, 2.05) is 12.1 Å². The molecule has 0 unspecified atom stereocenters. The van der Waals surface area contributed by atoms with Gasteiger partial charge in [0.2, 0.25) is 0 Å². The number of rotatable bonds is 4. The molecule has 0 spiro atoms. The Balaban J connectivity index is 1.72. The van der Waals surface area contributed by atoms with Crippen molar-refractivity contribution < 1.29 is 4.79 Å². The van der Waals surface area contributed by atoms with Crippen LogP contribution in [0.4, 0.5) is 0 Å². The van der Waals surface area contributed by atoms with Crippen LogP contribution in [0.2, 0.25) is 0 Å². The summed E-state index contributed by atoms with van der Waals surface area (Å²) < 4.78 is 0. The zero-order valence-corrected chi connectivity index (χ0v) is 11.7. The van der Waals surface area contributed by atoms with Crippen molar-refractivity contribution in [2.75, 3.05) is 0 Å². The standard InChI is InChI=1S/C15H14OS2/c16-13(11-5-7-17-14(11)9-1-2-9)12-6-8-18-15(12)10-3-4-10/h5-10H,1-4H2. The summed E-state index contributed by atoms with van der Waals surface area (Å²) in [7, 11) is 0. The average Bonchev–Trinajstić information content (AvgIpc) is 3.32. The van der Waals surface area contributed by atoms with Crippen molar-refractivity contribution in [3.8, 4) is 0 Å². The van der Waals surface area contributed by atoms with Crippen LogP contribution in [0.25, 0.3) is 0 Å². The Bertz CT molecular complexity index is 547. The van der Waals surface area contributed by atoms with E-state index in [-0.39, 0.29) is 5.78 Å². The highest BCUT2D eigenvalue weighted by Gasteiger charge is 2.33. The molecule has 0 aromatic carbocycles. The van der Waals surface area contributed by atoms with E-state index in [2.05, 4.69) is 10.8 Å². The Morgan fingerprint density at radius 3 is 1.72 bits per heavy atom. The van der Waals surface area contributed by atoms with E-state index >= 15 is 0 Å². The second-order valence-electron chi connectivity index (χ2n) is 5.27. The Labute approximate surface area is 114 Å². The molecule has 0 saturated heterocycles. The molecule has 0 aliphatic heterocycles. The van der Waals surface area contributed by atoms with E-state index < -0.39 is 0 Å². The van der Waals surface area contributed by atoms with Crippen LogP contribution in [0.5, 0.6) is 0 Å². The molecule has 2 heterocycles. The van der Waals surface area contributed by atoms with Crippen LogP contribution in [0.1, 0.15) is 63.2 Å². The molecule has 3 heteroatoms. The van der Waals surface area contributed by atoms with E-state index in [0.717, 1.165) is 11.1 Å². The maximum absolute atomic E-state index is 12.7. The number of carbonyl (C=O) groups excluding carboxylic acids is 1. The second-order valence-corrected chi connectivity index (χ2v) is 7.17. The summed E-state index contributed by atoms with van der Waals surface area (Å²) in [6.45, 7) is 0. The van der Waals surface area contributed by atoms with Crippen molar-refractivity contribution in [3.05, 3.63) is 43.8 Å². The predicted octanol–water partition coefficient (Wildman–Crippen LogP) is 4.80. The summed E-state index contributed by atoms with van der Waals surface area (Å²) >= 11 is 3.52. The minimum Gasteiger partial charge on any atom is -0.289 e. The van der Waals surface area contributed by atoms with Gasteiger partial charge in [-0.15, -0.1) is 22.7 Å². The number of ketones is 1. The van der Waals surface area contributed by atoms with Gasteiger partial charge >= 0.3 is 0 Å². The van der Waals surface area contributed by atoms with E-state index in [0.29, 0.717) is 11.8 Å². The molecule has 1 nitrogen and oxygen atoms in total. The van der Waals surface area contributed by atoms with E-state index in [9.17, 15) is 4.79 Å². The Morgan fingerprint density at radius 2 is 1.33 bits per heavy atom. The topological polar surface area (TPSA) is 17.1 Å². The maximum Gasteiger partial charge on any atom is 0.195 e. The minimum absolute atomic E-state index is 0.265. The van der Waals surface area contributed by atoms with Gasteiger partial charge in [-0.05, 0) is 60.4 Å². The molecule has 2 aromatic rings. The van der Waals surface area contributed by atoms with Gasteiger partial charge in [0.05, 0.1) is 0 Å². The maximum atomic E-state index is 12.7. The van der Waals surface area contributed by atoms with Gasteiger partial charge in [0.1, 0.15) is 0 Å². The fourth-order valence-electron chi connectivity index (χ4n) is 2.49. The summed E-state index contributed by atoms with van der Waals surface area (Å²) in [6.07, 6.45) is 5.06. The van der Waals surface area contributed by atoms with Crippen LogP contribution in [-0.2, 0) is 0 Å². The van der Waals surface area contributed by atoms with Crippen molar-refractivity contribution in [2.45, 2.75) is 37.5 Å². The third kappa shape index (κ3) is 1.77. The normalized spacial score (nSPS) is 19.1. The van der Waals surface area contributed by atoms with E-state index in [1.165, 1.54) is 35.4 Å². The highest BCUT2D eigenvalue weighted by Crippen LogP contribution is 2.47. The van der Waals surface area contributed by atoms with Gasteiger partial charge in [-0.25, -0.2) is 0 Å². The summed E-state index contributed by atoms with van der Waals surface area (Å²) in [4.78, 5) is 15.3. The van der Waals surface area contributed by atoms with Gasteiger partial charge in [0.15, 0.2) is 5.78 Å². The largest absolute Gasteiger partial charge is 0.289 e. The lowest BCUT2D eigenvalue weighted by atomic mass is 10.0. The lowest BCUT2D eigenvalue weighted by molar-refractivity contribution is 0.103. The van der Waals surface area contributed by atoms with Crippen LogP contribution < -0.4 is 0 Å². The quantitative estimate of drug-likeness (QED) is 0.732. The van der Waals surface area contributed by atoms with Crippen molar-refractivity contribution in [1.82, 2.24) is 0 Å². The first-order chi connectivity index (χ1) is 8.84. The van der Waals surface area contributed by atoms with Gasteiger partial charge in [-0.1, -0.05) is 0 Å². The fraction of sp³-hybridized carbons (Fsp3) is 0.400. The Kier molecular flexibility index (Phi) is 2.45. The van der Waals surface area contributed by atoms with Crippen molar-refractivity contribution in [2.24, 2.45) is 0 Å². The van der Waals surface area contributed by atoms with Crippen molar-refractivity contribution in [3.63, 3.8) is 0 Å². The zero-order chi connectivity index (χ0) is 12.1. The monoisotopic (exact) mass is 274 g/mol. The number of carbonyl (C=O) groups is 1. The van der Waals surface area contributed by atoms with Crippen LogP contribution >= 0.6 is 22.7 Å². The average molecular weight is 274 g/mol. The molecular weight excluding hydrogens is 260 g/mol. The van der Waals surface area contributed by atoms with E-state index in [4.69, 9.17) is 0 Å². The van der Waals surface area contributed by atoms with Gasteiger partial charge < -0.3 is 0 Å². The van der Waals surface area contributed by atoms with Crippen LogP contribution in [0.15, 0.2) is 22.9 Å². The molecule has 0 bridgehead atoms. The molecule has 0 N–H and O–H groups in total. The smallest absolute Gasteiger partial charge is 0.195 e. The second kappa shape index (κ2) is 4.04. The molecule has 0 radical (unpaired) electrons. The predicted molar refractivity (Wildman–Crippen MR) is 76.0 cm³/mol. The Hall–Kier alpha value is -0.930. The van der Waals surface area contributed by atoms with Crippen LogP contribution in [0.3, 0.4) is 0 Å². The van der Waals surface area contributed by atoms with E-state index in [1.54, 1.807) is 22.7 Å². The van der Waals surface area contributed by atoms with Gasteiger partial charge in [0, 0.05) is 20.9 Å². The first kappa shape index (κ1) is 10.9. The third-order valence-corrected chi connectivity index (χ3v) is 5.93. The first-order valence-electron chi connectivity index (χ1n) is 6.54. The molecule has 4 rings (SSSR count). The first-order valence-corrected chi connectivity index (χ1v) is 8.30. The Morgan fingerprint density at radius 1 is 0.889 bits per heavy atom. The zero-order valence-electron chi connectivity index (χ0n) is 10.0. The van der Waals surface area contributed by atoms with Gasteiger partial charge in [-0.3, -0.25) is 4.79 Å². The molecule has 2 fully saturated rings. The molecule has 2 saturated carbocycles. The lowest BCUT2D eigenvalue weighted by Crippen LogP contribution is -2.03. The van der Waals surface area contributed by atoms with Gasteiger partial charge in [-0.2, -0.15) is 0 Å². The lowest BCUT2D eigenvalue weighted by Gasteiger charge is -2.03. The number of hydrogen-bond acceptors (Lipinski definition) is 3. The molecule has 2 aliphatic rings. The van der Waals surface area contributed by atoms with Crippen molar-refractivity contribution in [1.29, 1.82) is 0 Å². The molecular formula is C15H14OS2. The SMILES string of the molecule is O=C(c1ccsc1C1CC1)c1ccsc1C1CC1. The molecule has 18 heavy (non-hydrogen) atoms. The molecule has 92 valence electrons. The highest BCUT2D eigenvalue weighted by molar-refractivity contribution is 7.11. The molecule has 2 aliphatic carbocycles. The summed E-state index contributed by atoms with van der Waals surface area (Å²) in [6, 6.07) is 4.05. The molecule has 2 aromatic heterocycles. The van der Waals surface area contributed by atoms with Crippen molar-refractivity contribution >= 4 is 28.5 Å². The summed E-state index contributed by atoms with van der Waals surface area (Å²) in [5, 5.41) is 4.15. The van der Waals surface area contributed by atoms with Gasteiger partial charge in [0.25, 0.3) is 0 Å². The number of thiophene rings is 2. The van der Waals surface area contributed by atoms with Crippen LogP contribution in [0, 0.1) is 0 Å². The minimum atomic E-state index is 0.265. The summed E-state index contributed by atoms with van der Waals surface area (Å²) in [5.41, 5.74) is 1.95.